The van der Waals surface area contributed by atoms with Crippen LogP contribution in [0.4, 0.5) is 0 Å². The quantitative estimate of drug-likeness (QED) is 0.255. The molecule has 226 valence electrons. The Labute approximate surface area is 293 Å². The van der Waals surface area contributed by atoms with Gasteiger partial charge in [0.2, 0.25) is 0 Å². The molecule has 0 aromatic heterocycles. The number of fused-ring (bicyclic) bond motifs is 3. The average molecular weight is 740 g/mol. The Morgan fingerprint density at radius 1 is 0.727 bits per heavy atom. The van der Waals surface area contributed by atoms with Gasteiger partial charge in [0.05, 0.1) is 0 Å². The number of rotatable bonds is 5. The second kappa shape index (κ2) is 13.9. The van der Waals surface area contributed by atoms with Crippen LogP contribution in [-0.4, -0.2) is 3.21 Å². The van der Waals surface area contributed by atoms with E-state index in [9.17, 15) is 0 Å². The van der Waals surface area contributed by atoms with Gasteiger partial charge in [-0.25, -0.2) is 0 Å². The minimum absolute atomic E-state index is 0. The fraction of sp³-hybridized carbons (Fsp3) is 0.256. The van der Waals surface area contributed by atoms with Gasteiger partial charge in [-0.05, 0) is 0 Å². The van der Waals surface area contributed by atoms with Gasteiger partial charge in [-0.15, -0.1) is 0 Å². The van der Waals surface area contributed by atoms with Gasteiger partial charge in [-0.2, -0.15) is 0 Å². The number of hydrogen-bond donors (Lipinski definition) is 0. The van der Waals surface area contributed by atoms with E-state index < -0.39 is 21.3 Å². The molecule has 0 amide bonds. The van der Waals surface area contributed by atoms with Crippen LogP contribution in [0.5, 0.6) is 0 Å². The molecule has 44 heavy (non-hydrogen) atoms. The second-order valence-electron chi connectivity index (χ2n) is 12.9. The Morgan fingerprint density at radius 3 is 1.66 bits per heavy atom. The molecule has 0 saturated carbocycles. The van der Waals surface area contributed by atoms with Crippen molar-refractivity contribution in [3.05, 3.63) is 149 Å². The summed E-state index contributed by atoms with van der Waals surface area (Å²) >= 11 is 10.5. The van der Waals surface area contributed by atoms with E-state index in [-0.39, 0.29) is 30.2 Å². The maximum Gasteiger partial charge on any atom is -1.00 e. The standard InChI is InChI=1S/C15H13.C13H8Cl2.C11H17.2ClH.Zr/c1-10-3-5-14-12(7-10)9-13-8-11(2)4-6-15(13)14;14-12-5-1-3-10(8-12)7-11-4-2-6-13(15)9-11;1-5-9-6-7-10(8-9)11(2,3)4;;;/h3-9H,1-2H3;1-6,8-9H;7-9H,5H2,1-4H3;2*1H;/q;;;;;+2/p-2. The molecule has 2 aliphatic rings. The smallest absolute Gasteiger partial charge is 1.00 e. The van der Waals surface area contributed by atoms with Crippen molar-refractivity contribution in [2.75, 3.05) is 0 Å². The molecule has 0 nitrogen and oxygen atoms in total. The van der Waals surface area contributed by atoms with Gasteiger partial charge in [0.1, 0.15) is 0 Å². The van der Waals surface area contributed by atoms with E-state index in [0.29, 0.717) is 9.54 Å². The van der Waals surface area contributed by atoms with Crippen molar-refractivity contribution in [2.24, 2.45) is 11.3 Å². The molecule has 0 heterocycles. The minimum Gasteiger partial charge on any atom is -1.00 e. The molecular weight excluding hydrogens is 701 g/mol. The molecule has 0 saturated heterocycles. The molecule has 0 aliphatic heterocycles. The number of benzene rings is 4. The summed E-state index contributed by atoms with van der Waals surface area (Å²) in [6.07, 6.45) is 6.29. The molecule has 0 fully saturated rings. The van der Waals surface area contributed by atoms with Crippen molar-refractivity contribution < 1.29 is 46.1 Å². The zero-order valence-electron chi connectivity index (χ0n) is 26.1. The van der Waals surface area contributed by atoms with E-state index in [1.807, 2.05) is 12.1 Å². The average Bonchev–Trinajstić information content (AvgIpc) is 3.50. The molecule has 1 atom stereocenters. The summed E-state index contributed by atoms with van der Waals surface area (Å²) in [7, 11) is 0. The Kier molecular flexibility index (Phi) is 11.1. The maximum absolute atomic E-state index is 6.73. The van der Waals surface area contributed by atoms with Gasteiger partial charge < -0.3 is 24.8 Å². The van der Waals surface area contributed by atoms with Gasteiger partial charge in [-0.1, -0.05) is 0 Å². The van der Waals surface area contributed by atoms with Crippen LogP contribution in [0, 0.1) is 25.2 Å². The van der Waals surface area contributed by atoms with E-state index in [1.165, 1.54) is 53.3 Å². The Bertz CT molecular complexity index is 1710. The normalized spacial score (nSPS) is 15.2. The number of halogens is 4. The first-order chi connectivity index (χ1) is 20.0. The van der Waals surface area contributed by atoms with Crippen molar-refractivity contribution in [1.29, 1.82) is 0 Å². The maximum atomic E-state index is 6.73. The summed E-state index contributed by atoms with van der Waals surface area (Å²) in [4.78, 5) is 0. The van der Waals surface area contributed by atoms with Crippen LogP contribution >= 0.6 is 23.2 Å². The first-order valence-corrected chi connectivity index (χ1v) is 19.6. The van der Waals surface area contributed by atoms with Crippen LogP contribution in [0.25, 0.3) is 11.1 Å². The summed E-state index contributed by atoms with van der Waals surface area (Å²) in [5, 5.41) is 1.55. The Balaban J connectivity index is 0.00000221. The first kappa shape index (κ1) is 35.1. The fourth-order valence-electron chi connectivity index (χ4n) is 6.74. The van der Waals surface area contributed by atoms with Crippen molar-refractivity contribution in [3.63, 3.8) is 0 Å². The molecule has 1 unspecified atom stereocenters. The predicted molar refractivity (Wildman–Crippen MR) is 179 cm³/mol. The zero-order valence-corrected chi connectivity index (χ0v) is 31.6. The molecule has 0 bridgehead atoms. The fourth-order valence-corrected chi connectivity index (χ4v) is 16.8. The third kappa shape index (κ3) is 6.70. The van der Waals surface area contributed by atoms with Gasteiger partial charge in [0, 0.05) is 0 Å². The summed E-state index contributed by atoms with van der Waals surface area (Å²) in [5.74, 6) is 0.434. The van der Waals surface area contributed by atoms with Crippen LogP contribution in [0.2, 0.25) is 10.0 Å². The first-order valence-electron chi connectivity index (χ1n) is 15.0. The van der Waals surface area contributed by atoms with E-state index in [4.69, 9.17) is 23.2 Å². The molecule has 0 radical (unpaired) electrons. The van der Waals surface area contributed by atoms with Crippen molar-refractivity contribution in [2.45, 2.75) is 51.6 Å². The van der Waals surface area contributed by atoms with Gasteiger partial charge >= 0.3 is 271 Å². The third-order valence-corrected chi connectivity index (χ3v) is 17.8. The van der Waals surface area contributed by atoms with Gasteiger partial charge in [0.25, 0.3) is 0 Å². The van der Waals surface area contributed by atoms with E-state index >= 15 is 0 Å². The van der Waals surface area contributed by atoms with E-state index in [2.05, 4.69) is 126 Å². The Morgan fingerprint density at radius 2 is 1.23 bits per heavy atom. The summed E-state index contributed by atoms with van der Waals surface area (Å²) in [6, 6.07) is 31.3. The molecule has 0 spiro atoms. The Hall–Kier alpha value is -1.73. The third-order valence-electron chi connectivity index (χ3n) is 8.82. The molecule has 6 rings (SSSR count). The van der Waals surface area contributed by atoms with E-state index in [1.54, 1.807) is 3.28 Å². The summed E-state index contributed by atoms with van der Waals surface area (Å²) in [5.41, 5.74) is 12.4. The molecular formula is C39H38Cl4Zr. The second-order valence-corrected chi connectivity index (χ2v) is 19.9. The van der Waals surface area contributed by atoms with E-state index in [0.717, 1.165) is 16.5 Å². The van der Waals surface area contributed by atoms with Crippen molar-refractivity contribution >= 4 is 26.4 Å². The largest absolute Gasteiger partial charge is 1.00 e. The molecule has 0 N–H and O–H groups in total. The number of aryl methyl sites for hydroxylation is 2. The summed E-state index contributed by atoms with van der Waals surface area (Å²) in [6.45, 7) is 13.9. The monoisotopic (exact) mass is 736 g/mol. The van der Waals surface area contributed by atoms with Crippen molar-refractivity contribution in [1.82, 2.24) is 0 Å². The minimum atomic E-state index is -2.92. The van der Waals surface area contributed by atoms with Crippen molar-refractivity contribution in [3.8, 4) is 11.1 Å². The number of hydrogen-bond acceptors (Lipinski definition) is 0. The van der Waals surface area contributed by atoms with Crippen LogP contribution in [0.1, 0.15) is 71.1 Å². The molecule has 4 aromatic carbocycles. The van der Waals surface area contributed by atoms with Crippen LogP contribution in [0.15, 0.2) is 106 Å². The molecule has 2 aliphatic carbocycles. The van der Waals surface area contributed by atoms with Crippen LogP contribution in [0.3, 0.4) is 0 Å². The SMILES string of the molecule is CCC1C=C(C(C)(C)C)C=[C]1[Zr+2](=[C](c1cccc(Cl)c1)c1cccc(Cl)c1)[CH]1c2cc(C)ccc2-c2ccc(C)cc21.[Cl-].[Cl-]. The molecule has 5 heteroatoms. The predicted octanol–water partition coefficient (Wildman–Crippen LogP) is 5.47. The number of allylic oxidation sites excluding steroid dienone is 4. The summed E-state index contributed by atoms with van der Waals surface area (Å²) < 4.78 is 3.49. The topological polar surface area (TPSA) is 0 Å². The molecule has 4 aromatic rings. The van der Waals surface area contributed by atoms with Crippen LogP contribution in [-0.2, 0) is 21.3 Å². The zero-order chi connectivity index (χ0) is 29.8. The van der Waals surface area contributed by atoms with Gasteiger partial charge in [-0.3, -0.25) is 0 Å². The van der Waals surface area contributed by atoms with Crippen LogP contribution < -0.4 is 24.8 Å². The van der Waals surface area contributed by atoms with Gasteiger partial charge in [0.15, 0.2) is 0 Å².